The van der Waals surface area contributed by atoms with E-state index in [1.165, 1.54) is 5.56 Å². The maximum atomic E-state index is 11.7. The molecule has 0 saturated heterocycles. The maximum Gasteiger partial charge on any atom is 0.241 e. The van der Waals surface area contributed by atoms with E-state index in [-0.39, 0.29) is 11.8 Å². The number of amides is 1. The molecule has 1 aromatic carbocycles. The van der Waals surface area contributed by atoms with Gasteiger partial charge in [-0.1, -0.05) is 44.5 Å². The molecule has 0 fully saturated rings. The molecular weight excluding hydrogens is 200 g/mol. The lowest BCUT2D eigenvalue weighted by Crippen LogP contribution is -2.35. The van der Waals surface area contributed by atoms with Gasteiger partial charge in [0.25, 0.3) is 0 Å². The van der Waals surface area contributed by atoms with E-state index in [1.54, 1.807) is 0 Å². The predicted octanol–water partition coefficient (Wildman–Crippen LogP) is 2.12. The zero-order chi connectivity index (χ0) is 12.0. The van der Waals surface area contributed by atoms with Crippen LogP contribution in [0.5, 0.6) is 0 Å². The van der Waals surface area contributed by atoms with E-state index in [0.717, 1.165) is 24.8 Å². The molecule has 0 bridgehead atoms. The van der Waals surface area contributed by atoms with E-state index in [0.29, 0.717) is 0 Å². The molecule has 0 spiro atoms. The van der Waals surface area contributed by atoms with Gasteiger partial charge in [-0.3, -0.25) is 10.2 Å². The number of nitrogens with two attached hydrogens (primary N) is 1. The predicted molar refractivity (Wildman–Crippen MR) is 65.8 cm³/mol. The Morgan fingerprint density at radius 2 is 2.06 bits per heavy atom. The van der Waals surface area contributed by atoms with Crippen LogP contribution >= 0.6 is 0 Å². The summed E-state index contributed by atoms with van der Waals surface area (Å²) in [7, 11) is 0. The summed E-state index contributed by atoms with van der Waals surface area (Å²) in [5.74, 6) is 5.02. The second-order valence-electron chi connectivity index (χ2n) is 3.90. The first-order valence-corrected chi connectivity index (χ1v) is 5.82. The molecule has 1 aromatic rings. The first-order chi connectivity index (χ1) is 7.74. The number of rotatable bonds is 5. The molecule has 3 nitrogen and oxygen atoms in total. The van der Waals surface area contributed by atoms with Gasteiger partial charge in [0.05, 0.1) is 5.92 Å². The molecule has 88 valence electrons. The molecule has 0 aliphatic heterocycles. The molecule has 1 atom stereocenters. The Morgan fingerprint density at radius 3 is 2.62 bits per heavy atom. The number of nitrogens with one attached hydrogen (secondary N) is 1. The summed E-state index contributed by atoms with van der Waals surface area (Å²) in [6.07, 6.45) is 2.74. The largest absolute Gasteiger partial charge is 0.294 e. The highest BCUT2D eigenvalue weighted by molar-refractivity contribution is 5.83. The molecule has 0 saturated carbocycles. The Morgan fingerprint density at radius 1 is 1.38 bits per heavy atom. The van der Waals surface area contributed by atoms with Gasteiger partial charge in [-0.25, -0.2) is 5.84 Å². The lowest BCUT2D eigenvalue weighted by atomic mass is 9.89. The summed E-state index contributed by atoms with van der Waals surface area (Å²) in [5.41, 5.74) is 4.59. The number of carbonyl (C=O) groups is 1. The highest BCUT2D eigenvalue weighted by Crippen LogP contribution is 2.25. The summed E-state index contributed by atoms with van der Waals surface area (Å²) in [5, 5.41) is 0. The fourth-order valence-corrected chi connectivity index (χ4v) is 2.01. The highest BCUT2D eigenvalue weighted by Gasteiger charge is 2.20. The zero-order valence-corrected chi connectivity index (χ0v) is 9.99. The van der Waals surface area contributed by atoms with Crippen LogP contribution in [0, 0.1) is 0 Å². The zero-order valence-electron chi connectivity index (χ0n) is 9.99. The minimum atomic E-state index is -0.119. The summed E-state index contributed by atoms with van der Waals surface area (Å²) < 4.78 is 0. The van der Waals surface area contributed by atoms with E-state index in [1.807, 2.05) is 18.2 Å². The van der Waals surface area contributed by atoms with Gasteiger partial charge in [0.1, 0.15) is 0 Å². The Hall–Kier alpha value is -1.35. The lowest BCUT2D eigenvalue weighted by molar-refractivity contribution is -0.122. The molecule has 1 unspecified atom stereocenters. The fourth-order valence-electron chi connectivity index (χ4n) is 2.01. The quantitative estimate of drug-likeness (QED) is 0.453. The van der Waals surface area contributed by atoms with E-state index < -0.39 is 0 Å². The second kappa shape index (κ2) is 6.28. The third kappa shape index (κ3) is 2.83. The van der Waals surface area contributed by atoms with Gasteiger partial charge in [-0.2, -0.15) is 0 Å². The minimum absolute atomic E-state index is 0.0947. The molecule has 3 heteroatoms. The number of hydrogen-bond acceptors (Lipinski definition) is 2. The van der Waals surface area contributed by atoms with Crippen LogP contribution in [0.4, 0.5) is 0 Å². The van der Waals surface area contributed by atoms with Crippen molar-refractivity contribution in [3.8, 4) is 0 Å². The maximum absolute atomic E-state index is 11.7. The van der Waals surface area contributed by atoms with Crippen LogP contribution < -0.4 is 11.3 Å². The smallest absolute Gasteiger partial charge is 0.241 e. The summed E-state index contributed by atoms with van der Waals surface area (Å²) in [4.78, 5) is 11.7. The molecule has 0 aliphatic carbocycles. The number of aryl methyl sites for hydroxylation is 1. The number of carbonyl (C=O) groups excluding carboxylic acids is 1. The van der Waals surface area contributed by atoms with E-state index in [2.05, 4.69) is 25.3 Å². The van der Waals surface area contributed by atoms with Crippen molar-refractivity contribution < 1.29 is 4.79 Å². The third-order valence-electron chi connectivity index (χ3n) is 2.85. The number of hydrazine groups is 1. The van der Waals surface area contributed by atoms with Crippen LogP contribution in [-0.2, 0) is 11.2 Å². The average molecular weight is 220 g/mol. The first kappa shape index (κ1) is 12.7. The highest BCUT2D eigenvalue weighted by atomic mass is 16.2. The van der Waals surface area contributed by atoms with Crippen molar-refractivity contribution in [1.82, 2.24) is 5.43 Å². The SMILES string of the molecule is CCCC(C(=O)NN)c1ccccc1CC. The van der Waals surface area contributed by atoms with Crippen LogP contribution in [0.1, 0.15) is 43.7 Å². The normalized spacial score (nSPS) is 12.2. The molecule has 0 heterocycles. The van der Waals surface area contributed by atoms with Gasteiger partial charge < -0.3 is 0 Å². The standard InChI is InChI=1S/C13H20N2O/c1-3-7-12(13(16)15-14)11-9-6-5-8-10(11)4-2/h5-6,8-9,12H,3-4,7,14H2,1-2H3,(H,15,16). The molecule has 16 heavy (non-hydrogen) atoms. The molecular formula is C13H20N2O. The van der Waals surface area contributed by atoms with E-state index >= 15 is 0 Å². The van der Waals surface area contributed by atoms with Crippen molar-refractivity contribution in [2.75, 3.05) is 0 Å². The summed E-state index contributed by atoms with van der Waals surface area (Å²) >= 11 is 0. The van der Waals surface area contributed by atoms with Crippen LogP contribution in [-0.4, -0.2) is 5.91 Å². The number of hydrogen-bond donors (Lipinski definition) is 2. The molecule has 1 amide bonds. The Bertz CT molecular complexity index is 350. The van der Waals surface area contributed by atoms with Crippen LogP contribution in [0.15, 0.2) is 24.3 Å². The van der Waals surface area contributed by atoms with Crippen LogP contribution in [0.25, 0.3) is 0 Å². The monoisotopic (exact) mass is 220 g/mol. The van der Waals surface area contributed by atoms with Gasteiger partial charge in [0.2, 0.25) is 5.91 Å². The van der Waals surface area contributed by atoms with Crippen LogP contribution in [0.2, 0.25) is 0 Å². The Labute approximate surface area is 97.0 Å². The molecule has 0 radical (unpaired) electrons. The van der Waals surface area contributed by atoms with Crippen molar-refractivity contribution in [3.63, 3.8) is 0 Å². The average Bonchev–Trinajstić information content (AvgIpc) is 2.35. The van der Waals surface area contributed by atoms with Gasteiger partial charge >= 0.3 is 0 Å². The molecule has 1 rings (SSSR count). The molecule has 0 aliphatic rings. The van der Waals surface area contributed by atoms with Gasteiger partial charge in [0, 0.05) is 0 Å². The first-order valence-electron chi connectivity index (χ1n) is 5.82. The third-order valence-corrected chi connectivity index (χ3v) is 2.85. The van der Waals surface area contributed by atoms with Crippen molar-refractivity contribution in [2.45, 2.75) is 39.0 Å². The van der Waals surface area contributed by atoms with Crippen molar-refractivity contribution in [3.05, 3.63) is 35.4 Å². The van der Waals surface area contributed by atoms with Gasteiger partial charge in [0.15, 0.2) is 0 Å². The second-order valence-corrected chi connectivity index (χ2v) is 3.90. The molecule has 0 aromatic heterocycles. The van der Waals surface area contributed by atoms with Crippen molar-refractivity contribution in [2.24, 2.45) is 5.84 Å². The summed E-state index contributed by atoms with van der Waals surface area (Å²) in [6, 6.07) is 8.07. The fraction of sp³-hybridized carbons (Fsp3) is 0.462. The van der Waals surface area contributed by atoms with E-state index in [9.17, 15) is 4.79 Å². The Kier molecular flexibility index (Phi) is 4.99. The van der Waals surface area contributed by atoms with E-state index in [4.69, 9.17) is 5.84 Å². The van der Waals surface area contributed by atoms with Crippen molar-refractivity contribution >= 4 is 5.91 Å². The van der Waals surface area contributed by atoms with Crippen molar-refractivity contribution in [1.29, 1.82) is 0 Å². The topological polar surface area (TPSA) is 55.1 Å². The number of benzene rings is 1. The van der Waals surface area contributed by atoms with Gasteiger partial charge in [-0.05, 0) is 24.0 Å². The minimum Gasteiger partial charge on any atom is -0.294 e. The summed E-state index contributed by atoms with van der Waals surface area (Å²) in [6.45, 7) is 4.17. The lowest BCUT2D eigenvalue weighted by Gasteiger charge is -2.17. The van der Waals surface area contributed by atoms with Gasteiger partial charge in [-0.15, -0.1) is 0 Å². The molecule has 3 N–H and O–H groups in total. The van der Waals surface area contributed by atoms with Crippen LogP contribution in [0.3, 0.4) is 0 Å². The Balaban J connectivity index is 3.04.